The smallest absolute Gasteiger partial charge is 0.317 e. The highest BCUT2D eigenvalue weighted by molar-refractivity contribution is 7.13. The SMILES string of the molecule is CC1CC(=O)c2c(OC(=O)Cc3csc(-c4ccccc4Cl)n3)ccc(F)c21. The van der Waals surface area contributed by atoms with E-state index in [9.17, 15) is 14.0 Å². The van der Waals surface area contributed by atoms with Crippen molar-refractivity contribution in [2.75, 3.05) is 0 Å². The summed E-state index contributed by atoms with van der Waals surface area (Å²) in [7, 11) is 0. The molecule has 4 nitrogen and oxygen atoms in total. The Labute approximate surface area is 169 Å². The Morgan fingerprint density at radius 3 is 2.89 bits per heavy atom. The number of carbonyl (C=O) groups excluding carboxylic acids is 2. The van der Waals surface area contributed by atoms with Crippen LogP contribution < -0.4 is 4.74 Å². The molecule has 1 aliphatic rings. The van der Waals surface area contributed by atoms with E-state index in [1.165, 1.54) is 23.5 Å². The van der Waals surface area contributed by atoms with Crippen LogP contribution in [-0.4, -0.2) is 16.7 Å². The van der Waals surface area contributed by atoms with Crippen molar-refractivity contribution in [3.8, 4) is 16.3 Å². The first-order chi connectivity index (χ1) is 13.4. The van der Waals surface area contributed by atoms with Gasteiger partial charge in [0.15, 0.2) is 5.78 Å². The van der Waals surface area contributed by atoms with Crippen LogP contribution in [0.25, 0.3) is 10.6 Å². The first-order valence-electron chi connectivity index (χ1n) is 8.69. The molecule has 0 N–H and O–H groups in total. The molecule has 0 radical (unpaired) electrons. The van der Waals surface area contributed by atoms with E-state index in [0.29, 0.717) is 21.3 Å². The van der Waals surface area contributed by atoms with Gasteiger partial charge in [0, 0.05) is 22.9 Å². The van der Waals surface area contributed by atoms with Crippen LogP contribution in [0.5, 0.6) is 5.75 Å². The van der Waals surface area contributed by atoms with Gasteiger partial charge in [-0.2, -0.15) is 0 Å². The zero-order valence-electron chi connectivity index (χ0n) is 14.9. The molecule has 0 aliphatic heterocycles. The minimum atomic E-state index is -0.558. The number of benzene rings is 2. The number of thiazole rings is 1. The lowest BCUT2D eigenvalue weighted by atomic mass is 10.0. The maximum Gasteiger partial charge on any atom is 0.317 e. The Kier molecular flexibility index (Phi) is 5.00. The molecule has 0 amide bonds. The number of aromatic nitrogens is 1. The molecule has 28 heavy (non-hydrogen) atoms. The Bertz CT molecular complexity index is 1100. The van der Waals surface area contributed by atoms with Crippen molar-refractivity contribution < 1.29 is 18.7 Å². The van der Waals surface area contributed by atoms with E-state index in [-0.39, 0.29) is 35.9 Å². The molecule has 0 saturated carbocycles. The van der Waals surface area contributed by atoms with Crippen molar-refractivity contribution in [2.24, 2.45) is 0 Å². The Hall–Kier alpha value is -2.57. The lowest BCUT2D eigenvalue weighted by Gasteiger charge is -2.10. The highest BCUT2D eigenvalue weighted by Crippen LogP contribution is 2.40. The standard InChI is InChI=1S/C21H15ClFNO3S/c1-11-8-16(25)20-17(7-6-15(23)19(11)20)27-18(26)9-12-10-28-21(24-12)13-4-2-3-5-14(13)22/h2-7,10-11H,8-9H2,1H3. The van der Waals surface area contributed by atoms with Crippen LogP contribution in [0.4, 0.5) is 4.39 Å². The molecule has 1 atom stereocenters. The zero-order chi connectivity index (χ0) is 19.8. The van der Waals surface area contributed by atoms with Gasteiger partial charge in [-0.15, -0.1) is 11.3 Å². The van der Waals surface area contributed by atoms with E-state index in [1.54, 1.807) is 18.4 Å². The van der Waals surface area contributed by atoms with Gasteiger partial charge in [-0.3, -0.25) is 9.59 Å². The van der Waals surface area contributed by atoms with Gasteiger partial charge in [-0.25, -0.2) is 9.37 Å². The summed E-state index contributed by atoms with van der Waals surface area (Å²) < 4.78 is 19.4. The molecule has 1 aromatic heterocycles. The summed E-state index contributed by atoms with van der Waals surface area (Å²) in [5, 5.41) is 3.06. The molecule has 0 saturated heterocycles. The maximum absolute atomic E-state index is 14.1. The third-order valence-corrected chi connectivity index (χ3v) is 5.88. The van der Waals surface area contributed by atoms with Crippen LogP contribution in [0.15, 0.2) is 41.8 Å². The number of ether oxygens (including phenoxy) is 1. The lowest BCUT2D eigenvalue weighted by molar-refractivity contribution is -0.133. The fourth-order valence-electron chi connectivity index (χ4n) is 3.36. The summed E-state index contributed by atoms with van der Waals surface area (Å²) in [6.45, 7) is 1.78. The summed E-state index contributed by atoms with van der Waals surface area (Å²) in [6, 6.07) is 9.90. The van der Waals surface area contributed by atoms with E-state index >= 15 is 0 Å². The number of ketones is 1. The molecule has 142 valence electrons. The summed E-state index contributed by atoms with van der Waals surface area (Å²) >= 11 is 7.57. The van der Waals surface area contributed by atoms with Crippen LogP contribution in [0, 0.1) is 5.82 Å². The highest BCUT2D eigenvalue weighted by Gasteiger charge is 2.33. The molecular weight excluding hydrogens is 401 g/mol. The van der Waals surface area contributed by atoms with Gasteiger partial charge in [0.2, 0.25) is 0 Å². The minimum absolute atomic E-state index is 0.0587. The van der Waals surface area contributed by atoms with Gasteiger partial charge >= 0.3 is 5.97 Å². The average Bonchev–Trinajstić information content (AvgIpc) is 3.22. The van der Waals surface area contributed by atoms with Gasteiger partial charge in [-0.1, -0.05) is 36.7 Å². The Morgan fingerprint density at radius 2 is 2.11 bits per heavy atom. The molecule has 4 rings (SSSR count). The van der Waals surface area contributed by atoms with Crippen LogP contribution in [0.3, 0.4) is 0 Å². The Morgan fingerprint density at radius 1 is 1.32 bits per heavy atom. The number of Topliss-reactive ketones (excluding diaryl/α,β-unsaturated/α-hetero) is 1. The van der Waals surface area contributed by atoms with Crippen LogP contribution >= 0.6 is 22.9 Å². The van der Waals surface area contributed by atoms with E-state index in [0.717, 1.165) is 5.56 Å². The third kappa shape index (κ3) is 3.45. The maximum atomic E-state index is 14.1. The quantitative estimate of drug-likeness (QED) is 0.420. The highest BCUT2D eigenvalue weighted by atomic mass is 35.5. The normalized spacial score (nSPS) is 15.5. The van der Waals surface area contributed by atoms with Gasteiger partial charge in [0.05, 0.1) is 22.7 Å². The molecule has 3 aromatic rings. The summed E-state index contributed by atoms with van der Waals surface area (Å²) in [6.07, 6.45) is 0.158. The number of esters is 1. The van der Waals surface area contributed by atoms with Gasteiger partial charge in [0.25, 0.3) is 0 Å². The molecule has 2 aromatic carbocycles. The largest absolute Gasteiger partial charge is 0.425 e. The summed E-state index contributed by atoms with van der Waals surface area (Å²) in [5.74, 6) is -1.33. The number of hydrogen-bond donors (Lipinski definition) is 0. The van der Waals surface area contributed by atoms with E-state index in [4.69, 9.17) is 16.3 Å². The third-order valence-electron chi connectivity index (χ3n) is 4.62. The zero-order valence-corrected chi connectivity index (χ0v) is 16.4. The lowest BCUT2D eigenvalue weighted by Crippen LogP contribution is -2.13. The second-order valence-corrected chi connectivity index (χ2v) is 7.90. The topological polar surface area (TPSA) is 56.3 Å². The predicted octanol–water partition coefficient (Wildman–Crippen LogP) is 5.44. The van der Waals surface area contributed by atoms with E-state index < -0.39 is 11.8 Å². The van der Waals surface area contributed by atoms with E-state index in [1.807, 2.05) is 18.2 Å². The fraction of sp³-hybridized carbons (Fsp3) is 0.190. The molecule has 0 bridgehead atoms. The second kappa shape index (κ2) is 7.45. The van der Waals surface area contributed by atoms with Crippen molar-refractivity contribution in [3.63, 3.8) is 0 Å². The van der Waals surface area contributed by atoms with Gasteiger partial charge in [-0.05, 0) is 24.1 Å². The monoisotopic (exact) mass is 415 g/mol. The second-order valence-electron chi connectivity index (χ2n) is 6.64. The first kappa shape index (κ1) is 18.8. The summed E-state index contributed by atoms with van der Waals surface area (Å²) in [5.41, 5.74) is 1.84. The number of carbonyl (C=O) groups is 2. The van der Waals surface area contributed by atoms with Gasteiger partial charge in [0.1, 0.15) is 16.6 Å². The summed E-state index contributed by atoms with van der Waals surface area (Å²) in [4.78, 5) is 29.0. The Balaban J connectivity index is 1.53. The van der Waals surface area contributed by atoms with Crippen LogP contribution in [0.2, 0.25) is 5.02 Å². The predicted molar refractivity (Wildman–Crippen MR) is 106 cm³/mol. The number of hydrogen-bond acceptors (Lipinski definition) is 5. The first-order valence-corrected chi connectivity index (χ1v) is 9.95. The van der Waals surface area contributed by atoms with Crippen molar-refractivity contribution in [1.82, 2.24) is 4.98 Å². The molecule has 0 fully saturated rings. The molecule has 7 heteroatoms. The van der Waals surface area contributed by atoms with Crippen molar-refractivity contribution in [3.05, 3.63) is 69.4 Å². The van der Waals surface area contributed by atoms with Crippen molar-refractivity contribution in [2.45, 2.75) is 25.7 Å². The minimum Gasteiger partial charge on any atom is -0.425 e. The number of fused-ring (bicyclic) bond motifs is 1. The molecular formula is C21H15ClFNO3S. The molecule has 1 aliphatic carbocycles. The molecule has 1 unspecified atom stereocenters. The number of rotatable bonds is 4. The van der Waals surface area contributed by atoms with Crippen molar-refractivity contribution >= 4 is 34.7 Å². The van der Waals surface area contributed by atoms with E-state index in [2.05, 4.69) is 4.98 Å². The van der Waals surface area contributed by atoms with Gasteiger partial charge < -0.3 is 4.74 Å². The fourth-order valence-corrected chi connectivity index (χ4v) is 4.50. The van der Waals surface area contributed by atoms with Crippen LogP contribution in [-0.2, 0) is 11.2 Å². The number of halogens is 2. The molecule has 1 heterocycles. The number of nitrogens with zero attached hydrogens (tertiary/aromatic N) is 1. The van der Waals surface area contributed by atoms with Crippen LogP contribution in [0.1, 0.15) is 40.9 Å². The average molecular weight is 416 g/mol. The molecule has 0 spiro atoms. The van der Waals surface area contributed by atoms with Crippen molar-refractivity contribution in [1.29, 1.82) is 0 Å².